The number of benzene rings is 1. The van der Waals surface area contributed by atoms with Crippen molar-refractivity contribution >= 4 is 0 Å². The van der Waals surface area contributed by atoms with Crippen LogP contribution in [0, 0.1) is 5.41 Å². The molecule has 1 aromatic rings. The van der Waals surface area contributed by atoms with Gasteiger partial charge in [-0.15, -0.1) is 0 Å². The van der Waals surface area contributed by atoms with Gasteiger partial charge in [-0.3, -0.25) is 4.90 Å². The number of hydrogen-bond acceptors (Lipinski definition) is 3. The lowest BCUT2D eigenvalue weighted by Crippen LogP contribution is -2.43. The quantitative estimate of drug-likeness (QED) is 0.851. The van der Waals surface area contributed by atoms with Gasteiger partial charge < -0.3 is 9.84 Å². The number of phenolic OH excluding ortho intramolecular Hbond substituents is 1. The number of piperidine rings is 1. The van der Waals surface area contributed by atoms with E-state index in [0.717, 1.165) is 12.4 Å². The third-order valence-corrected chi connectivity index (χ3v) is 5.97. The predicted octanol–water partition coefficient (Wildman–Crippen LogP) is 3.87. The third-order valence-electron chi connectivity index (χ3n) is 5.97. The highest BCUT2D eigenvalue weighted by molar-refractivity contribution is 5.44. The maximum atomic E-state index is 9.57. The number of likely N-dealkylation sites (tertiary alicyclic amines) is 1. The molecule has 3 aliphatic rings. The molecule has 0 radical (unpaired) electrons. The van der Waals surface area contributed by atoms with Gasteiger partial charge in [0.15, 0.2) is 0 Å². The molecule has 1 saturated heterocycles. The second kappa shape index (κ2) is 5.20. The van der Waals surface area contributed by atoms with Crippen LogP contribution in [0.5, 0.6) is 11.5 Å². The number of ether oxygens (including phenoxy) is 1. The van der Waals surface area contributed by atoms with Crippen LogP contribution in [0.3, 0.4) is 0 Å². The van der Waals surface area contributed by atoms with Crippen LogP contribution in [0.15, 0.2) is 18.2 Å². The van der Waals surface area contributed by atoms with Crippen LogP contribution in [0.1, 0.15) is 56.6 Å². The van der Waals surface area contributed by atoms with E-state index < -0.39 is 0 Å². The Morgan fingerprint density at radius 1 is 1.05 bits per heavy atom. The van der Waals surface area contributed by atoms with Gasteiger partial charge in [0.05, 0.1) is 6.04 Å². The van der Waals surface area contributed by atoms with Gasteiger partial charge in [-0.25, -0.2) is 0 Å². The largest absolute Gasteiger partial charge is 0.508 e. The summed E-state index contributed by atoms with van der Waals surface area (Å²) in [5.74, 6) is 1.17. The lowest BCUT2D eigenvalue weighted by molar-refractivity contribution is 0.0391. The second-order valence-electron chi connectivity index (χ2n) is 7.15. The number of aromatic hydroxyl groups is 1. The first-order valence-corrected chi connectivity index (χ1v) is 8.46. The average Bonchev–Trinajstić information content (AvgIpc) is 2.92. The first kappa shape index (κ1) is 13.4. The smallest absolute Gasteiger partial charge is 0.127 e. The molecule has 0 amide bonds. The molecule has 1 aromatic carbocycles. The monoisotopic (exact) mass is 287 g/mol. The van der Waals surface area contributed by atoms with E-state index in [-0.39, 0.29) is 0 Å². The zero-order valence-electron chi connectivity index (χ0n) is 12.7. The van der Waals surface area contributed by atoms with Crippen molar-refractivity contribution in [2.45, 2.75) is 51.0 Å². The predicted molar refractivity (Wildman–Crippen MR) is 82.7 cm³/mol. The van der Waals surface area contributed by atoms with E-state index in [2.05, 4.69) is 4.90 Å². The summed E-state index contributed by atoms with van der Waals surface area (Å²) in [6.07, 6.45) is 9.94. The Balaban J connectivity index is 1.46. The number of hydrogen-bond donors (Lipinski definition) is 1. The molecular formula is C18H25NO2. The molecule has 4 rings (SSSR count). The summed E-state index contributed by atoms with van der Waals surface area (Å²) in [5, 5.41) is 9.57. The van der Waals surface area contributed by atoms with Crippen molar-refractivity contribution in [3.8, 4) is 11.5 Å². The minimum atomic E-state index is 0.300. The van der Waals surface area contributed by atoms with Crippen LogP contribution in [0.4, 0.5) is 0 Å². The second-order valence-corrected chi connectivity index (χ2v) is 7.15. The van der Waals surface area contributed by atoms with E-state index in [1.165, 1.54) is 63.6 Å². The maximum Gasteiger partial charge on any atom is 0.127 e. The molecule has 1 unspecified atom stereocenters. The Bertz CT molecular complexity index is 512. The molecule has 3 nitrogen and oxygen atoms in total. The third kappa shape index (κ3) is 2.42. The fraction of sp³-hybridized carbons (Fsp3) is 0.667. The van der Waals surface area contributed by atoms with Crippen molar-refractivity contribution in [1.82, 2.24) is 4.90 Å². The zero-order chi connectivity index (χ0) is 14.3. The highest BCUT2D eigenvalue weighted by Crippen LogP contribution is 2.47. The summed E-state index contributed by atoms with van der Waals surface area (Å²) < 4.78 is 5.78. The van der Waals surface area contributed by atoms with E-state index in [1.807, 2.05) is 6.07 Å². The molecular weight excluding hydrogens is 262 g/mol. The Labute approximate surface area is 126 Å². The van der Waals surface area contributed by atoms with Gasteiger partial charge in [-0.2, -0.15) is 0 Å². The van der Waals surface area contributed by atoms with Crippen molar-refractivity contribution in [3.63, 3.8) is 0 Å². The minimum Gasteiger partial charge on any atom is -0.508 e. The van der Waals surface area contributed by atoms with Crippen molar-refractivity contribution in [1.29, 1.82) is 0 Å². The molecule has 3 heteroatoms. The molecule has 114 valence electrons. The van der Waals surface area contributed by atoms with Gasteiger partial charge in [0.25, 0.3) is 0 Å². The standard InChI is InChI=1S/C18H25NO2/c20-14-4-5-15-16(13-21-17(15)12-14)19-10-8-18(9-11-19)6-2-1-3-7-18/h4-5,12,16,20H,1-3,6-11,13H2. The fourth-order valence-corrected chi connectivity index (χ4v) is 4.60. The van der Waals surface area contributed by atoms with E-state index in [4.69, 9.17) is 4.74 Å². The van der Waals surface area contributed by atoms with E-state index in [1.54, 1.807) is 12.1 Å². The Kier molecular flexibility index (Phi) is 3.33. The summed E-state index contributed by atoms with van der Waals surface area (Å²) >= 11 is 0. The van der Waals surface area contributed by atoms with Crippen LogP contribution >= 0.6 is 0 Å². The molecule has 1 spiro atoms. The summed E-state index contributed by atoms with van der Waals surface area (Å²) in [7, 11) is 0. The van der Waals surface area contributed by atoms with Crippen LogP contribution in [0.2, 0.25) is 0 Å². The Morgan fingerprint density at radius 2 is 1.81 bits per heavy atom. The number of rotatable bonds is 1. The van der Waals surface area contributed by atoms with E-state index in [0.29, 0.717) is 17.2 Å². The molecule has 2 fully saturated rings. The van der Waals surface area contributed by atoms with Gasteiger partial charge in [-0.1, -0.05) is 19.3 Å². The Morgan fingerprint density at radius 3 is 2.57 bits per heavy atom. The molecule has 1 aliphatic carbocycles. The van der Waals surface area contributed by atoms with Gasteiger partial charge in [0.2, 0.25) is 0 Å². The molecule has 1 N–H and O–H groups in total. The molecule has 1 saturated carbocycles. The van der Waals surface area contributed by atoms with Gasteiger partial charge in [0, 0.05) is 11.6 Å². The molecule has 21 heavy (non-hydrogen) atoms. The summed E-state index contributed by atoms with van der Waals surface area (Å²) in [6.45, 7) is 3.15. The molecule has 1 atom stereocenters. The van der Waals surface area contributed by atoms with Crippen LogP contribution in [-0.4, -0.2) is 29.7 Å². The summed E-state index contributed by atoms with van der Waals surface area (Å²) in [6, 6.07) is 5.96. The van der Waals surface area contributed by atoms with Crippen LogP contribution in [0.25, 0.3) is 0 Å². The lowest BCUT2D eigenvalue weighted by atomic mass is 9.68. The highest BCUT2D eigenvalue weighted by Gasteiger charge is 2.39. The molecule has 2 aliphatic heterocycles. The first-order chi connectivity index (χ1) is 10.3. The lowest BCUT2D eigenvalue weighted by Gasteiger charge is -2.45. The normalized spacial score (nSPS) is 28.3. The van der Waals surface area contributed by atoms with Gasteiger partial charge in [0.1, 0.15) is 18.1 Å². The fourth-order valence-electron chi connectivity index (χ4n) is 4.60. The maximum absolute atomic E-state index is 9.57. The topological polar surface area (TPSA) is 32.7 Å². The Hall–Kier alpha value is -1.22. The van der Waals surface area contributed by atoms with Crippen LogP contribution in [-0.2, 0) is 0 Å². The van der Waals surface area contributed by atoms with Crippen molar-refractivity contribution in [3.05, 3.63) is 23.8 Å². The number of fused-ring (bicyclic) bond motifs is 1. The highest BCUT2D eigenvalue weighted by atomic mass is 16.5. The van der Waals surface area contributed by atoms with Crippen molar-refractivity contribution in [2.75, 3.05) is 19.7 Å². The SMILES string of the molecule is Oc1ccc2c(c1)OCC2N1CCC2(CCCCC2)CC1. The number of nitrogens with zero attached hydrogens (tertiary/aromatic N) is 1. The number of phenols is 1. The van der Waals surface area contributed by atoms with E-state index >= 15 is 0 Å². The van der Waals surface area contributed by atoms with Gasteiger partial charge in [-0.05, 0) is 56.3 Å². The van der Waals surface area contributed by atoms with Crippen molar-refractivity contribution < 1.29 is 9.84 Å². The van der Waals surface area contributed by atoms with Crippen molar-refractivity contribution in [2.24, 2.45) is 5.41 Å². The summed E-state index contributed by atoms with van der Waals surface area (Å²) in [4.78, 5) is 2.60. The zero-order valence-corrected chi connectivity index (χ0v) is 12.7. The summed E-state index contributed by atoms with van der Waals surface area (Å²) in [5.41, 5.74) is 1.92. The average molecular weight is 287 g/mol. The minimum absolute atomic E-state index is 0.300. The first-order valence-electron chi connectivity index (χ1n) is 8.46. The molecule has 0 aromatic heterocycles. The molecule has 0 bridgehead atoms. The molecule has 2 heterocycles. The van der Waals surface area contributed by atoms with Gasteiger partial charge >= 0.3 is 0 Å². The van der Waals surface area contributed by atoms with E-state index in [9.17, 15) is 5.11 Å². The van der Waals surface area contributed by atoms with Crippen LogP contribution < -0.4 is 4.74 Å².